The third-order valence-electron chi connectivity index (χ3n) is 2.76. The lowest BCUT2D eigenvalue weighted by molar-refractivity contribution is 0.0687. The van der Waals surface area contributed by atoms with Crippen molar-refractivity contribution < 1.29 is 9.90 Å². The van der Waals surface area contributed by atoms with E-state index in [-0.39, 0.29) is 11.6 Å². The second kappa shape index (κ2) is 4.16. The average Bonchev–Trinajstić information content (AvgIpc) is 2.69. The fraction of sp³-hybridized carbons (Fsp3) is 0.417. The maximum atomic E-state index is 11.2. The minimum atomic E-state index is -0.981. The molecule has 5 heteroatoms. The van der Waals surface area contributed by atoms with Gasteiger partial charge in [-0.25, -0.2) is 14.3 Å². The first-order valence-corrected chi connectivity index (χ1v) is 5.65. The zero-order valence-electron chi connectivity index (χ0n) is 10.1. The van der Waals surface area contributed by atoms with Crippen LogP contribution in [-0.2, 0) is 6.42 Å². The first kappa shape index (κ1) is 11.6. The molecule has 0 amide bonds. The lowest BCUT2D eigenvalue weighted by Crippen LogP contribution is -2.10. The maximum absolute atomic E-state index is 11.2. The predicted octanol–water partition coefficient (Wildman–Crippen LogP) is 2.11. The molecule has 2 heterocycles. The molecule has 17 heavy (non-hydrogen) atoms. The van der Waals surface area contributed by atoms with Crippen molar-refractivity contribution in [3.05, 3.63) is 29.2 Å². The average molecular weight is 233 g/mol. The Morgan fingerprint density at radius 2 is 2.24 bits per heavy atom. The smallest absolute Gasteiger partial charge is 0.354 e. The Kier molecular flexibility index (Phi) is 2.83. The Morgan fingerprint density at radius 3 is 2.76 bits per heavy atom. The standard InChI is InChI=1S/C12H15N3O2/c1-4-8-6-13-15-10(12(16)17)5-9(7(2)3)14-11(8)15/h5-7H,4H2,1-3H3,(H,16,17). The number of nitrogens with zero attached hydrogens (tertiary/aromatic N) is 3. The molecule has 0 fully saturated rings. The number of aromatic carboxylic acids is 1. The Balaban J connectivity index is 2.78. The van der Waals surface area contributed by atoms with E-state index in [1.54, 1.807) is 12.3 Å². The van der Waals surface area contributed by atoms with Crippen molar-refractivity contribution in [3.8, 4) is 0 Å². The fourth-order valence-corrected chi connectivity index (χ4v) is 1.72. The van der Waals surface area contributed by atoms with Gasteiger partial charge in [-0.1, -0.05) is 20.8 Å². The molecule has 90 valence electrons. The molecular formula is C12H15N3O2. The highest BCUT2D eigenvalue weighted by Crippen LogP contribution is 2.18. The number of carbonyl (C=O) groups is 1. The van der Waals surface area contributed by atoms with E-state index in [1.165, 1.54) is 4.52 Å². The van der Waals surface area contributed by atoms with Gasteiger partial charge in [0.05, 0.1) is 6.20 Å². The van der Waals surface area contributed by atoms with E-state index in [0.29, 0.717) is 5.65 Å². The van der Waals surface area contributed by atoms with Crippen LogP contribution in [0.4, 0.5) is 0 Å². The van der Waals surface area contributed by atoms with Gasteiger partial charge in [-0.3, -0.25) is 0 Å². The highest BCUT2D eigenvalue weighted by molar-refractivity contribution is 5.86. The summed E-state index contributed by atoms with van der Waals surface area (Å²) in [7, 11) is 0. The molecule has 0 saturated carbocycles. The van der Waals surface area contributed by atoms with Crippen molar-refractivity contribution in [1.82, 2.24) is 14.6 Å². The van der Waals surface area contributed by atoms with E-state index >= 15 is 0 Å². The molecule has 2 rings (SSSR count). The summed E-state index contributed by atoms with van der Waals surface area (Å²) < 4.78 is 1.40. The summed E-state index contributed by atoms with van der Waals surface area (Å²) in [6.07, 6.45) is 2.47. The van der Waals surface area contributed by atoms with E-state index in [2.05, 4.69) is 10.1 Å². The SMILES string of the molecule is CCc1cnn2c(C(=O)O)cc(C(C)C)nc12. The van der Waals surface area contributed by atoms with Crippen LogP contribution in [0.25, 0.3) is 5.65 Å². The van der Waals surface area contributed by atoms with Crippen LogP contribution < -0.4 is 0 Å². The van der Waals surface area contributed by atoms with Gasteiger partial charge < -0.3 is 5.11 Å². The van der Waals surface area contributed by atoms with Crippen LogP contribution in [0.3, 0.4) is 0 Å². The van der Waals surface area contributed by atoms with Crippen LogP contribution in [0.2, 0.25) is 0 Å². The molecule has 0 spiro atoms. The van der Waals surface area contributed by atoms with Gasteiger partial charge in [0, 0.05) is 11.3 Å². The van der Waals surface area contributed by atoms with Crippen LogP contribution >= 0.6 is 0 Å². The quantitative estimate of drug-likeness (QED) is 0.881. The predicted molar refractivity (Wildman–Crippen MR) is 63.4 cm³/mol. The summed E-state index contributed by atoms with van der Waals surface area (Å²) in [5, 5.41) is 13.3. The van der Waals surface area contributed by atoms with E-state index in [9.17, 15) is 9.90 Å². The van der Waals surface area contributed by atoms with Crippen molar-refractivity contribution in [1.29, 1.82) is 0 Å². The lowest BCUT2D eigenvalue weighted by Gasteiger charge is -2.08. The summed E-state index contributed by atoms with van der Waals surface area (Å²) in [5.41, 5.74) is 2.56. The molecule has 2 aromatic rings. The van der Waals surface area contributed by atoms with Crippen LogP contribution in [0.15, 0.2) is 12.3 Å². The van der Waals surface area contributed by atoms with Crippen molar-refractivity contribution in [2.75, 3.05) is 0 Å². The van der Waals surface area contributed by atoms with Gasteiger partial charge in [-0.15, -0.1) is 0 Å². The number of rotatable bonds is 3. The molecule has 0 bridgehead atoms. The van der Waals surface area contributed by atoms with Gasteiger partial charge in [0.15, 0.2) is 11.3 Å². The zero-order valence-corrected chi connectivity index (χ0v) is 10.1. The summed E-state index contributed by atoms with van der Waals surface area (Å²) >= 11 is 0. The molecule has 0 aliphatic rings. The van der Waals surface area contributed by atoms with Gasteiger partial charge in [-0.2, -0.15) is 5.10 Å². The Morgan fingerprint density at radius 1 is 1.53 bits per heavy atom. The Hall–Kier alpha value is -1.91. The molecule has 0 aliphatic heterocycles. The summed E-state index contributed by atoms with van der Waals surface area (Å²) in [5.74, 6) is -0.789. The zero-order chi connectivity index (χ0) is 12.6. The Labute approximate surface area is 99.1 Å². The second-order valence-electron chi connectivity index (χ2n) is 4.28. The van der Waals surface area contributed by atoms with Crippen LogP contribution in [-0.4, -0.2) is 25.7 Å². The number of carboxylic acid groups (broad SMARTS) is 1. The van der Waals surface area contributed by atoms with Crippen molar-refractivity contribution in [2.45, 2.75) is 33.1 Å². The van der Waals surface area contributed by atoms with Gasteiger partial charge in [0.1, 0.15) is 0 Å². The number of hydrogen-bond donors (Lipinski definition) is 1. The molecule has 0 saturated heterocycles. The molecule has 5 nitrogen and oxygen atoms in total. The van der Waals surface area contributed by atoms with Gasteiger partial charge in [-0.05, 0) is 18.4 Å². The van der Waals surface area contributed by atoms with E-state index < -0.39 is 5.97 Å². The third kappa shape index (κ3) is 1.88. The fourth-order valence-electron chi connectivity index (χ4n) is 1.72. The maximum Gasteiger partial charge on any atom is 0.354 e. The monoisotopic (exact) mass is 233 g/mol. The molecular weight excluding hydrogens is 218 g/mol. The van der Waals surface area contributed by atoms with E-state index in [0.717, 1.165) is 17.7 Å². The minimum absolute atomic E-state index is 0.165. The van der Waals surface area contributed by atoms with Crippen molar-refractivity contribution in [2.24, 2.45) is 0 Å². The first-order chi connectivity index (χ1) is 8.04. The first-order valence-electron chi connectivity index (χ1n) is 5.65. The van der Waals surface area contributed by atoms with Crippen molar-refractivity contribution in [3.63, 3.8) is 0 Å². The topological polar surface area (TPSA) is 67.5 Å². The third-order valence-corrected chi connectivity index (χ3v) is 2.76. The number of fused-ring (bicyclic) bond motifs is 1. The molecule has 0 atom stereocenters. The van der Waals surface area contributed by atoms with Crippen LogP contribution in [0.5, 0.6) is 0 Å². The number of aryl methyl sites for hydroxylation is 1. The summed E-state index contributed by atoms with van der Waals surface area (Å²) in [4.78, 5) is 15.7. The highest BCUT2D eigenvalue weighted by Gasteiger charge is 2.16. The van der Waals surface area contributed by atoms with Crippen molar-refractivity contribution >= 4 is 11.6 Å². The number of aromatic nitrogens is 3. The van der Waals surface area contributed by atoms with Gasteiger partial charge >= 0.3 is 5.97 Å². The normalized spacial score (nSPS) is 11.3. The molecule has 0 aliphatic carbocycles. The number of hydrogen-bond acceptors (Lipinski definition) is 3. The largest absolute Gasteiger partial charge is 0.477 e. The van der Waals surface area contributed by atoms with Crippen LogP contribution in [0.1, 0.15) is 48.4 Å². The van der Waals surface area contributed by atoms with E-state index in [1.807, 2.05) is 20.8 Å². The Bertz CT molecular complexity index is 572. The van der Waals surface area contributed by atoms with Gasteiger partial charge in [0.2, 0.25) is 0 Å². The number of carboxylic acids is 1. The molecule has 0 radical (unpaired) electrons. The molecule has 1 N–H and O–H groups in total. The van der Waals surface area contributed by atoms with Gasteiger partial charge in [0.25, 0.3) is 0 Å². The highest BCUT2D eigenvalue weighted by atomic mass is 16.4. The lowest BCUT2D eigenvalue weighted by atomic mass is 10.1. The minimum Gasteiger partial charge on any atom is -0.477 e. The summed E-state index contributed by atoms with van der Waals surface area (Å²) in [6, 6.07) is 1.59. The molecule has 2 aromatic heterocycles. The molecule has 0 aromatic carbocycles. The van der Waals surface area contributed by atoms with Crippen LogP contribution in [0, 0.1) is 0 Å². The second-order valence-corrected chi connectivity index (χ2v) is 4.28. The summed E-state index contributed by atoms with van der Waals surface area (Å²) in [6.45, 7) is 5.99. The van der Waals surface area contributed by atoms with E-state index in [4.69, 9.17) is 0 Å². The molecule has 0 unspecified atom stereocenters.